The first kappa shape index (κ1) is 15.8. The zero-order valence-electron chi connectivity index (χ0n) is 11.8. The molecule has 0 radical (unpaired) electrons. The minimum absolute atomic E-state index is 0.0417. The second kappa shape index (κ2) is 7.46. The van der Waals surface area contributed by atoms with Gasteiger partial charge in [-0.25, -0.2) is 4.79 Å². The number of aliphatic carboxylic acids is 1. The Morgan fingerprint density at radius 3 is 2.62 bits per heavy atom. The molecule has 0 spiro atoms. The first-order valence-electron chi connectivity index (χ1n) is 7.34. The van der Waals surface area contributed by atoms with Gasteiger partial charge < -0.3 is 10.4 Å². The molecule has 1 aliphatic rings. The second-order valence-electron chi connectivity index (χ2n) is 5.57. The van der Waals surface area contributed by atoms with Gasteiger partial charge >= 0.3 is 5.97 Å². The SMILES string of the molecule is O=C(NC(Cc1cccc(Cl)c1)C(=O)O)C1CCCCC1. The van der Waals surface area contributed by atoms with Crippen LogP contribution in [0.25, 0.3) is 0 Å². The van der Waals surface area contributed by atoms with Crippen molar-refractivity contribution in [3.05, 3.63) is 34.9 Å². The van der Waals surface area contributed by atoms with E-state index in [0.717, 1.165) is 37.7 Å². The van der Waals surface area contributed by atoms with E-state index < -0.39 is 12.0 Å². The largest absolute Gasteiger partial charge is 0.480 e. The van der Waals surface area contributed by atoms with Crippen LogP contribution < -0.4 is 5.32 Å². The molecule has 0 aliphatic heterocycles. The molecule has 0 aromatic heterocycles. The van der Waals surface area contributed by atoms with Crippen LogP contribution in [0.1, 0.15) is 37.7 Å². The van der Waals surface area contributed by atoms with Crippen molar-refractivity contribution < 1.29 is 14.7 Å². The van der Waals surface area contributed by atoms with Gasteiger partial charge in [-0.15, -0.1) is 0 Å². The maximum atomic E-state index is 12.2. The Morgan fingerprint density at radius 2 is 2.00 bits per heavy atom. The minimum Gasteiger partial charge on any atom is -0.480 e. The van der Waals surface area contributed by atoms with Crippen molar-refractivity contribution in [2.75, 3.05) is 0 Å². The van der Waals surface area contributed by atoms with E-state index in [1.807, 2.05) is 6.07 Å². The molecule has 0 saturated heterocycles. The van der Waals surface area contributed by atoms with Crippen molar-refractivity contribution in [2.24, 2.45) is 5.92 Å². The molecule has 5 heteroatoms. The zero-order chi connectivity index (χ0) is 15.2. The van der Waals surface area contributed by atoms with Crippen molar-refractivity contribution in [3.63, 3.8) is 0 Å². The van der Waals surface area contributed by atoms with E-state index in [0.29, 0.717) is 5.02 Å². The molecule has 1 unspecified atom stereocenters. The monoisotopic (exact) mass is 309 g/mol. The standard InChI is InChI=1S/C16H20ClNO3/c17-13-8-4-5-11(9-13)10-14(16(20)21)18-15(19)12-6-2-1-3-7-12/h4-5,8-9,12,14H,1-3,6-7,10H2,(H,18,19)(H,20,21). The predicted octanol–water partition coefficient (Wildman–Crippen LogP) is 3.03. The molecule has 4 nitrogen and oxygen atoms in total. The molecule has 1 aromatic rings. The number of hydrogen-bond acceptors (Lipinski definition) is 2. The van der Waals surface area contributed by atoms with Gasteiger partial charge in [-0.1, -0.05) is 43.0 Å². The normalized spacial score (nSPS) is 17.2. The van der Waals surface area contributed by atoms with E-state index in [9.17, 15) is 14.7 Å². The molecular weight excluding hydrogens is 290 g/mol. The second-order valence-corrected chi connectivity index (χ2v) is 6.00. The number of hydrogen-bond donors (Lipinski definition) is 2. The number of carbonyl (C=O) groups is 2. The van der Waals surface area contributed by atoms with E-state index in [1.54, 1.807) is 18.2 Å². The summed E-state index contributed by atoms with van der Waals surface area (Å²) in [6.07, 6.45) is 5.21. The molecular formula is C16H20ClNO3. The Bertz CT molecular complexity index is 512. The molecule has 1 fully saturated rings. The van der Waals surface area contributed by atoms with Gasteiger partial charge in [-0.2, -0.15) is 0 Å². The topological polar surface area (TPSA) is 66.4 Å². The Labute approximate surface area is 129 Å². The summed E-state index contributed by atoms with van der Waals surface area (Å²) < 4.78 is 0. The number of amides is 1. The third kappa shape index (κ3) is 4.74. The number of halogens is 1. The molecule has 2 rings (SSSR count). The van der Waals surface area contributed by atoms with Gasteiger partial charge in [-0.05, 0) is 30.5 Å². The lowest BCUT2D eigenvalue weighted by molar-refractivity contribution is -0.142. The van der Waals surface area contributed by atoms with E-state index >= 15 is 0 Å². The quantitative estimate of drug-likeness (QED) is 0.878. The highest BCUT2D eigenvalue weighted by atomic mass is 35.5. The number of carbonyl (C=O) groups excluding carboxylic acids is 1. The van der Waals surface area contributed by atoms with Gasteiger partial charge in [0.05, 0.1) is 0 Å². The van der Waals surface area contributed by atoms with Gasteiger partial charge in [0.15, 0.2) is 0 Å². The maximum Gasteiger partial charge on any atom is 0.326 e. The number of benzene rings is 1. The zero-order valence-corrected chi connectivity index (χ0v) is 12.6. The molecule has 114 valence electrons. The lowest BCUT2D eigenvalue weighted by atomic mass is 9.88. The lowest BCUT2D eigenvalue weighted by Crippen LogP contribution is -2.45. The predicted molar refractivity (Wildman–Crippen MR) is 81.3 cm³/mol. The molecule has 0 bridgehead atoms. The fourth-order valence-corrected chi connectivity index (χ4v) is 2.97. The molecule has 0 heterocycles. The summed E-state index contributed by atoms with van der Waals surface area (Å²) in [6.45, 7) is 0. The van der Waals surface area contributed by atoms with Gasteiger partial charge in [0.25, 0.3) is 0 Å². The van der Waals surface area contributed by atoms with Crippen LogP contribution in [0.4, 0.5) is 0 Å². The van der Waals surface area contributed by atoms with Crippen molar-refractivity contribution in [3.8, 4) is 0 Å². The molecule has 1 aromatic carbocycles. The number of carboxylic acids is 1. The molecule has 1 aliphatic carbocycles. The average molecular weight is 310 g/mol. The van der Waals surface area contributed by atoms with Crippen LogP contribution in [0.3, 0.4) is 0 Å². The van der Waals surface area contributed by atoms with Crippen molar-refractivity contribution >= 4 is 23.5 Å². The highest BCUT2D eigenvalue weighted by molar-refractivity contribution is 6.30. The lowest BCUT2D eigenvalue weighted by Gasteiger charge is -2.23. The van der Waals surface area contributed by atoms with Crippen LogP contribution in [0.15, 0.2) is 24.3 Å². The molecule has 1 atom stereocenters. The molecule has 1 amide bonds. The van der Waals surface area contributed by atoms with Crippen LogP contribution in [0.2, 0.25) is 5.02 Å². The van der Waals surface area contributed by atoms with Crippen LogP contribution >= 0.6 is 11.6 Å². The van der Waals surface area contributed by atoms with Crippen LogP contribution in [-0.2, 0) is 16.0 Å². The summed E-state index contributed by atoms with van der Waals surface area (Å²) in [7, 11) is 0. The highest BCUT2D eigenvalue weighted by Gasteiger charge is 2.26. The Hall–Kier alpha value is -1.55. The van der Waals surface area contributed by atoms with Gasteiger partial charge in [-0.3, -0.25) is 4.79 Å². The fraction of sp³-hybridized carbons (Fsp3) is 0.500. The summed E-state index contributed by atoms with van der Waals surface area (Å²) in [5.74, 6) is -1.19. The smallest absolute Gasteiger partial charge is 0.326 e. The number of nitrogens with one attached hydrogen (secondary N) is 1. The Kier molecular flexibility index (Phi) is 5.62. The summed E-state index contributed by atoms with van der Waals surface area (Å²) in [5, 5.41) is 12.5. The Morgan fingerprint density at radius 1 is 1.29 bits per heavy atom. The summed E-state index contributed by atoms with van der Waals surface area (Å²) in [6, 6.07) is 6.15. The number of carboxylic acid groups (broad SMARTS) is 1. The van der Waals surface area contributed by atoms with Crippen molar-refractivity contribution in [2.45, 2.75) is 44.6 Å². The van der Waals surface area contributed by atoms with E-state index in [-0.39, 0.29) is 18.2 Å². The summed E-state index contributed by atoms with van der Waals surface area (Å²) in [4.78, 5) is 23.5. The van der Waals surface area contributed by atoms with E-state index in [4.69, 9.17) is 11.6 Å². The summed E-state index contributed by atoms with van der Waals surface area (Å²) in [5.41, 5.74) is 0.804. The van der Waals surface area contributed by atoms with Gasteiger partial charge in [0, 0.05) is 17.4 Å². The molecule has 2 N–H and O–H groups in total. The van der Waals surface area contributed by atoms with Crippen molar-refractivity contribution in [1.82, 2.24) is 5.32 Å². The molecule has 21 heavy (non-hydrogen) atoms. The summed E-state index contributed by atoms with van der Waals surface area (Å²) >= 11 is 5.90. The van der Waals surface area contributed by atoms with E-state index in [2.05, 4.69) is 5.32 Å². The Balaban J connectivity index is 1.98. The fourth-order valence-electron chi connectivity index (χ4n) is 2.75. The molecule has 1 saturated carbocycles. The number of rotatable bonds is 5. The van der Waals surface area contributed by atoms with Gasteiger partial charge in [0.2, 0.25) is 5.91 Å². The van der Waals surface area contributed by atoms with Gasteiger partial charge in [0.1, 0.15) is 6.04 Å². The van der Waals surface area contributed by atoms with E-state index in [1.165, 1.54) is 0 Å². The first-order chi connectivity index (χ1) is 10.1. The first-order valence-corrected chi connectivity index (χ1v) is 7.71. The highest BCUT2D eigenvalue weighted by Crippen LogP contribution is 2.24. The third-order valence-electron chi connectivity index (χ3n) is 3.92. The van der Waals surface area contributed by atoms with Crippen molar-refractivity contribution in [1.29, 1.82) is 0 Å². The third-order valence-corrected chi connectivity index (χ3v) is 4.15. The van der Waals surface area contributed by atoms with Crippen LogP contribution in [-0.4, -0.2) is 23.0 Å². The average Bonchev–Trinajstić information content (AvgIpc) is 2.47. The van der Waals surface area contributed by atoms with Crippen LogP contribution in [0.5, 0.6) is 0 Å². The van der Waals surface area contributed by atoms with Crippen LogP contribution in [0, 0.1) is 5.92 Å². The maximum absolute atomic E-state index is 12.2. The minimum atomic E-state index is -1.01.